The summed E-state index contributed by atoms with van der Waals surface area (Å²) in [6, 6.07) is 8.72. The van der Waals surface area contributed by atoms with Gasteiger partial charge in [0.2, 0.25) is 0 Å². The molecule has 1 aromatic carbocycles. The van der Waals surface area contributed by atoms with E-state index in [2.05, 4.69) is 36.5 Å². The Balaban J connectivity index is 1.80. The highest BCUT2D eigenvalue weighted by atomic mass is 32.2. The summed E-state index contributed by atoms with van der Waals surface area (Å²) >= 11 is 0. The van der Waals surface area contributed by atoms with Crippen LogP contribution < -0.4 is 5.32 Å². The van der Waals surface area contributed by atoms with E-state index in [4.69, 9.17) is 0 Å². The molecule has 1 aromatic rings. The second kappa shape index (κ2) is 4.76. The molecule has 3 unspecified atom stereocenters. The van der Waals surface area contributed by atoms with Crippen molar-refractivity contribution < 1.29 is 8.42 Å². The summed E-state index contributed by atoms with van der Waals surface area (Å²) < 4.78 is 22.9. The minimum absolute atomic E-state index is 0.0449. The largest absolute Gasteiger partial charge is 0.303 e. The number of benzene rings is 1. The van der Waals surface area contributed by atoms with Gasteiger partial charge in [0.1, 0.15) is 0 Å². The zero-order valence-corrected chi connectivity index (χ0v) is 11.9. The lowest BCUT2D eigenvalue weighted by Crippen LogP contribution is -2.35. The van der Waals surface area contributed by atoms with Crippen molar-refractivity contribution in [1.29, 1.82) is 0 Å². The molecule has 1 aliphatic carbocycles. The van der Waals surface area contributed by atoms with Gasteiger partial charge in [-0.1, -0.05) is 37.3 Å². The van der Waals surface area contributed by atoms with Crippen molar-refractivity contribution >= 4 is 9.84 Å². The molecule has 4 heteroatoms. The van der Waals surface area contributed by atoms with E-state index in [9.17, 15) is 8.42 Å². The molecule has 1 heterocycles. The van der Waals surface area contributed by atoms with Crippen LogP contribution in [0.25, 0.3) is 0 Å². The Morgan fingerprint density at radius 3 is 2.58 bits per heavy atom. The molecule has 3 atom stereocenters. The van der Waals surface area contributed by atoms with Gasteiger partial charge in [0.05, 0.1) is 5.75 Å². The number of hydrogen-bond acceptors (Lipinski definition) is 3. The molecular weight excluding hydrogens is 258 g/mol. The standard InChI is InChI=1S/C15H19NO2S/c1-11-6-7-15(14-5-3-2-4-13(11)14)16-12-8-9-19(17,18)10-12/h2-5,8-9,11-12,15-16H,6-7,10H2,1H3. The van der Waals surface area contributed by atoms with Gasteiger partial charge in [-0.2, -0.15) is 0 Å². The first-order valence-electron chi connectivity index (χ1n) is 6.81. The summed E-state index contributed by atoms with van der Waals surface area (Å²) in [7, 11) is -2.98. The summed E-state index contributed by atoms with van der Waals surface area (Å²) in [6.07, 6.45) is 4.00. The van der Waals surface area contributed by atoms with Crippen LogP contribution in [0.3, 0.4) is 0 Å². The predicted octanol–water partition coefficient (Wildman–Crippen LogP) is 2.53. The Morgan fingerprint density at radius 2 is 1.89 bits per heavy atom. The average Bonchev–Trinajstić information content (AvgIpc) is 2.73. The Kier molecular flexibility index (Phi) is 3.23. The van der Waals surface area contributed by atoms with Crippen LogP contribution in [-0.4, -0.2) is 20.2 Å². The van der Waals surface area contributed by atoms with Crippen molar-refractivity contribution in [3.05, 3.63) is 46.9 Å². The Morgan fingerprint density at radius 1 is 1.16 bits per heavy atom. The second-order valence-electron chi connectivity index (χ2n) is 5.59. The molecule has 0 saturated heterocycles. The van der Waals surface area contributed by atoms with Crippen molar-refractivity contribution in [2.45, 2.75) is 37.8 Å². The minimum Gasteiger partial charge on any atom is -0.303 e. The first kappa shape index (κ1) is 12.9. The summed E-state index contributed by atoms with van der Waals surface area (Å²) in [4.78, 5) is 0. The lowest BCUT2D eigenvalue weighted by Gasteiger charge is -2.31. The quantitative estimate of drug-likeness (QED) is 0.903. The zero-order valence-electron chi connectivity index (χ0n) is 11.0. The van der Waals surface area contributed by atoms with Gasteiger partial charge in [0.25, 0.3) is 0 Å². The van der Waals surface area contributed by atoms with Crippen LogP contribution in [0.4, 0.5) is 0 Å². The molecule has 0 saturated carbocycles. The van der Waals surface area contributed by atoms with E-state index in [-0.39, 0.29) is 17.8 Å². The van der Waals surface area contributed by atoms with E-state index in [1.54, 1.807) is 6.08 Å². The van der Waals surface area contributed by atoms with Crippen LogP contribution in [0.15, 0.2) is 35.7 Å². The maximum absolute atomic E-state index is 11.5. The molecule has 0 spiro atoms. The van der Waals surface area contributed by atoms with Crippen LogP contribution in [0.2, 0.25) is 0 Å². The van der Waals surface area contributed by atoms with Gasteiger partial charge in [-0.3, -0.25) is 0 Å². The third-order valence-electron chi connectivity index (χ3n) is 4.14. The predicted molar refractivity (Wildman–Crippen MR) is 76.7 cm³/mol. The van der Waals surface area contributed by atoms with Gasteiger partial charge in [0.15, 0.2) is 9.84 Å². The molecule has 1 N–H and O–H groups in total. The highest BCUT2D eigenvalue weighted by molar-refractivity contribution is 7.94. The van der Waals surface area contributed by atoms with Gasteiger partial charge in [-0.25, -0.2) is 8.42 Å². The van der Waals surface area contributed by atoms with E-state index < -0.39 is 9.84 Å². The topological polar surface area (TPSA) is 46.2 Å². The van der Waals surface area contributed by atoms with Crippen LogP contribution in [-0.2, 0) is 9.84 Å². The van der Waals surface area contributed by atoms with Gasteiger partial charge in [-0.15, -0.1) is 0 Å². The van der Waals surface area contributed by atoms with E-state index >= 15 is 0 Å². The Bertz CT molecular complexity index is 606. The fraction of sp³-hybridized carbons (Fsp3) is 0.467. The van der Waals surface area contributed by atoms with Crippen molar-refractivity contribution in [3.8, 4) is 0 Å². The number of rotatable bonds is 2. The molecule has 0 fully saturated rings. The Labute approximate surface area is 114 Å². The lowest BCUT2D eigenvalue weighted by molar-refractivity contribution is 0.418. The SMILES string of the molecule is CC1CCC(NC2C=CS(=O)(=O)C2)c2ccccc21. The van der Waals surface area contributed by atoms with Gasteiger partial charge < -0.3 is 5.32 Å². The maximum atomic E-state index is 11.5. The monoisotopic (exact) mass is 277 g/mol. The summed E-state index contributed by atoms with van der Waals surface area (Å²) in [6.45, 7) is 2.26. The molecule has 0 radical (unpaired) electrons. The van der Waals surface area contributed by atoms with Gasteiger partial charge in [0, 0.05) is 17.5 Å². The van der Waals surface area contributed by atoms with E-state index in [0.717, 1.165) is 12.8 Å². The van der Waals surface area contributed by atoms with Crippen LogP contribution in [0.5, 0.6) is 0 Å². The Hall–Kier alpha value is -1.13. The maximum Gasteiger partial charge on any atom is 0.173 e. The summed E-state index contributed by atoms with van der Waals surface area (Å²) in [5.74, 6) is 0.790. The van der Waals surface area contributed by atoms with Gasteiger partial charge >= 0.3 is 0 Å². The van der Waals surface area contributed by atoms with Crippen molar-refractivity contribution in [2.24, 2.45) is 0 Å². The molecular formula is C15H19NO2S. The first-order valence-corrected chi connectivity index (χ1v) is 8.52. The molecule has 2 aliphatic rings. The lowest BCUT2D eigenvalue weighted by atomic mass is 9.81. The van der Waals surface area contributed by atoms with Crippen LogP contribution >= 0.6 is 0 Å². The third kappa shape index (κ3) is 2.60. The number of nitrogens with one attached hydrogen (secondary N) is 1. The highest BCUT2D eigenvalue weighted by Gasteiger charge is 2.28. The fourth-order valence-electron chi connectivity index (χ4n) is 3.12. The number of hydrogen-bond donors (Lipinski definition) is 1. The summed E-state index contributed by atoms with van der Waals surface area (Å²) in [5, 5.41) is 4.82. The zero-order chi connectivity index (χ0) is 13.5. The molecule has 3 rings (SSSR count). The highest BCUT2D eigenvalue weighted by Crippen LogP contribution is 2.37. The molecule has 102 valence electrons. The smallest absolute Gasteiger partial charge is 0.173 e. The van der Waals surface area contributed by atoms with E-state index in [1.165, 1.54) is 16.5 Å². The van der Waals surface area contributed by atoms with Crippen LogP contribution in [0.1, 0.15) is 42.9 Å². The second-order valence-corrected chi connectivity index (χ2v) is 7.52. The first-order chi connectivity index (χ1) is 9.05. The molecule has 0 bridgehead atoms. The van der Waals surface area contributed by atoms with E-state index in [0.29, 0.717) is 5.92 Å². The van der Waals surface area contributed by atoms with Gasteiger partial charge in [-0.05, 0) is 29.9 Å². The minimum atomic E-state index is -2.98. The molecule has 1 aliphatic heterocycles. The molecule has 0 aromatic heterocycles. The van der Waals surface area contributed by atoms with E-state index in [1.807, 2.05) is 0 Å². The molecule has 19 heavy (non-hydrogen) atoms. The van der Waals surface area contributed by atoms with Crippen molar-refractivity contribution in [1.82, 2.24) is 5.32 Å². The molecule has 3 nitrogen and oxygen atoms in total. The average molecular weight is 277 g/mol. The molecule has 0 amide bonds. The van der Waals surface area contributed by atoms with Crippen molar-refractivity contribution in [2.75, 3.05) is 5.75 Å². The van der Waals surface area contributed by atoms with Crippen molar-refractivity contribution in [3.63, 3.8) is 0 Å². The number of fused-ring (bicyclic) bond motifs is 1. The number of sulfone groups is 1. The normalized spacial score (nSPS) is 32.2. The van der Waals surface area contributed by atoms with Crippen LogP contribution in [0, 0.1) is 0 Å². The third-order valence-corrected chi connectivity index (χ3v) is 5.53. The fourth-order valence-corrected chi connectivity index (χ4v) is 4.36. The summed E-state index contributed by atoms with van der Waals surface area (Å²) in [5.41, 5.74) is 2.73.